The number of ether oxygens (including phenoxy) is 1. The molecular formula is C9H11NO2. The SMILES string of the molecule is COCc1cncc(C(C)=O)c1. The van der Waals surface area contributed by atoms with Crippen LogP contribution in [0.1, 0.15) is 22.8 Å². The second-order valence-corrected chi connectivity index (χ2v) is 2.57. The van der Waals surface area contributed by atoms with Crippen molar-refractivity contribution in [3.63, 3.8) is 0 Å². The number of ketones is 1. The first-order valence-corrected chi connectivity index (χ1v) is 3.68. The van der Waals surface area contributed by atoms with Gasteiger partial charge in [-0.05, 0) is 18.6 Å². The van der Waals surface area contributed by atoms with Crippen LogP contribution in [0.2, 0.25) is 0 Å². The predicted molar refractivity (Wildman–Crippen MR) is 45.0 cm³/mol. The van der Waals surface area contributed by atoms with Crippen molar-refractivity contribution in [2.75, 3.05) is 7.11 Å². The maximum absolute atomic E-state index is 10.9. The Kier molecular flexibility index (Phi) is 2.94. The van der Waals surface area contributed by atoms with Crippen LogP contribution in [0.4, 0.5) is 0 Å². The lowest BCUT2D eigenvalue weighted by molar-refractivity contribution is 0.101. The Morgan fingerprint density at radius 1 is 1.58 bits per heavy atom. The number of hydrogen-bond donors (Lipinski definition) is 0. The number of Topliss-reactive ketones (excluding diaryl/α,β-unsaturated/α-hetero) is 1. The standard InChI is InChI=1S/C9H11NO2/c1-7(11)9-3-8(6-12-2)4-10-5-9/h3-5H,6H2,1-2H3. The molecule has 0 saturated carbocycles. The molecule has 1 aromatic rings. The first-order valence-electron chi connectivity index (χ1n) is 3.68. The molecule has 0 radical (unpaired) electrons. The van der Waals surface area contributed by atoms with E-state index < -0.39 is 0 Å². The monoisotopic (exact) mass is 165 g/mol. The number of rotatable bonds is 3. The van der Waals surface area contributed by atoms with Gasteiger partial charge in [-0.15, -0.1) is 0 Å². The lowest BCUT2D eigenvalue weighted by Crippen LogP contribution is -1.96. The van der Waals surface area contributed by atoms with E-state index in [0.29, 0.717) is 12.2 Å². The summed E-state index contributed by atoms with van der Waals surface area (Å²) in [6, 6.07) is 1.79. The van der Waals surface area contributed by atoms with E-state index in [1.165, 1.54) is 6.92 Å². The van der Waals surface area contributed by atoms with Crippen LogP contribution < -0.4 is 0 Å². The summed E-state index contributed by atoms with van der Waals surface area (Å²) in [6.45, 7) is 2.02. The molecule has 0 atom stereocenters. The summed E-state index contributed by atoms with van der Waals surface area (Å²) in [7, 11) is 1.61. The van der Waals surface area contributed by atoms with Gasteiger partial charge in [0.25, 0.3) is 0 Å². The van der Waals surface area contributed by atoms with E-state index in [9.17, 15) is 4.79 Å². The zero-order valence-corrected chi connectivity index (χ0v) is 7.20. The maximum Gasteiger partial charge on any atom is 0.161 e. The summed E-state index contributed by atoms with van der Waals surface area (Å²) in [4.78, 5) is 14.8. The second-order valence-electron chi connectivity index (χ2n) is 2.57. The van der Waals surface area contributed by atoms with Crippen molar-refractivity contribution >= 4 is 5.78 Å². The van der Waals surface area contributed by atoms with Crippen LogP contribution in [0.3, 0.4) is 0 Å². The summed E-state index contributed by atoms with van der Waals surface area (Å²) in [5, 5.41) is 0. The minimum absolute atomic E-state index is 0.0282. The minimum Gasteiger partial charge on any atom is -0.380 e. The molecule has 0 aromatic carbocycles. The van der Waals surface area contributed by atoms with E-state index in [1.807, 2.05) is 0 Å². The van der Waals surface area contributed by atoms with Crippen molar-refractivity contribution in [3.05, 3.63) is 29.6 Å². The molecule has 0 aliphatic rings. The Balaban J connectivity index is 2.88. The summed E-state index contributed by atoms with van der Waals surface area (Å²) < 4.78 is 4.91. The molecule has 0 aliphatic carbocycles. The van der Waals surface area contributed by atoms with Crippen LogP contribution in [0.15, 0.2) is 18.5 Å². The molecule has 1 heterocycles. The largest absolute Gasteiger partial charge is 0.380 e. The zero-order chi connectivity index (χ0) is 8.97. The summed E-state index contributed by atoms with van der Waals surface area (Å²) in [5.41, 5.74) is 1.55. The fourth-order valence-corrected chi connectivity index (χ4v) is 0.926. The molecule has 0 fully saturated rings. The Bertz CT molecular complexity index is 284. The lowest BCUT2D eigenvalue weighted by Gasteiger charge is -1.99. The van der Waals surface area contributed by atoms with E-state index in [4.69, 9.17) is 4.74 Å². The molecule has 0 bridgehead atoms. The van der Waals surface area contributed by atoms with Crippen molar-refractivity contribution in [1.82, 2.24) is 4.98 Å². The number of pyridine rings is 1. The van der Waals surface area contributed by atoms with E-state index in [0.717, 1.165) is 5.56 Å². The number of methoxy groups -OCH3 is 1. The van der Waals surface area contributed by atoms with E-state index in [2.05, 4.69) is 4.98 Å². The van der Waals surface area contributed by atoms with Gasteiger partial charge in [0.05, 0.1) is 6.61 Å². The van der Waals surface area contributed by atoms with Gasteiger partial charge < -0.3 is 4.74 Å². The highest BCUT2D eigenvalue weighted by Gasteiger charge is 2.00. The van der Waals surface area contributed by atoms with Crippen LogP contribution >= 0.6 is 0 Å². The fraction of sp³-hybridized carbons (Fsp3) is 0.333. The molecule has 0 unspecified atom stereocenters. The predicted octanol–water partition coefficient (Wildman–Crippen LogP) is 1.43. The number of hydrogen-bond acceptors (Lipinski definition) is 3. The third-order valence-corrected chi connectivity index (χ3v) is 1.51. The molecule has 1 aromatic heterocycles. The first-order chi connectivity index (χ1) is 5.74. The van der Waals surface area contributed by atoms with E-state index >= 15 is 0 Å². The molecule has 3 heteroatoms. The van der Waals surface area contributed by atoms with Crippen molar-refractivity contribution in [2.24, 2.45) is 0 Å². The average Bonchev–Trinajstić information content (AvgIpc) is 2.05. The molecule has 12 heavy (non-hydrogen) atoms. The number of carbonyl (C=O) groups is 1. The highest BCUT2D eigenvalue weighted by atomic mass is 16.5. The van der Waals surface area contributed by atoms with Gasteiger partial charge in [-0.25, -0.2) is 0 Å². The fourth-order valence-electron chi connectivity index (χ4n) is 0.926. The third-order valence-electron chi connectivity index (χ3n) is 1.51. The van der Waals surface area contributed by atoms with Gasteiger partial charge in [-0.3, -0.25) is 9.78 Å². The van der Waals surface area contributed by atoms with Crippen molar-refractivity contribution in [3.8, 4) is 0 Å². The average molecular weight is 165 g/mol. The lowest BCUT2D eigenvalue weighted by atomic mass is 10.1. The Morgan fingerprint density at radius 3 is 2.92 bits per heavy atom. The van der Waals surface area contributed by atoms with Gasteiger partial charge in [0.15, 0.2) is 5.78 Å². The van der Waals surface area contributed by atoms with Crippen LogP contribution in [-0.2, 0) is 11.3 Å². The molecule has 0 aliphatic heterocycles. The maximum atomic E-state index is 10.9. The van der Waals surface area contributed by atoms with Crippen LogP contribution in [0, 0.1) is 0 Å². The first kappa shape index (κ1) is 8.87. The van der Waals surface area contributed by atoms with Gasteiger partial charge >= 0.3 is 0 Å². The molecular weight excluding hydrogens is 154 g/mol. The number of carbonyl (C=O) groups excluding carboxylic acids is 1. The van der Waals surface area contributed by atoms with Crippen LogP contribution in [-0.4, -0.2) is 17.9 Å². The molecule has 64 valence electrons. The van der Waals surface area contributed by atoms with Crippen LogP contribution in [0.25, 0.3) is 0 Å². The molecule has 0 amide bonds. The van der Waals surface area contributed by atoms with Gasteiger partial charge in [0.2, 0.25) is 0 Å². The quantitative estimate of drug-likeness (QED) is 0.636. The smallest absolute Gasteiger partial charge is 0.161 e. The summed E-state index contributed by atoms with van der Waals surface area (Å²) in [5.74, 6) is 0.0282. The molecule has 0 saturated heterocycles. The number of nitrogens with zero attached hydrogens (tertiary/aromatic N) is 1. The van der Waals surface area contributed by atoms with Gasteiger partial charge in [-0.2, -0.15) is 0 Å². The van der Waals surface area contributed by atoms with E-state index in [1.54, 1.807) is 25.6 Å². The second kappa shape index (κ2) is 3.97. The Morgan fingerprint density at radius 2 is 2.33 bits per heavy atom. The Hall–Kier alpha value is -1.22. The van der Waals surface area contributed by atoms with E-state index in [-0.39, 0.29) is 5.78 Å². The van der Waals surface area contributed by atoms with Crippen LogP contribution in [0.5, 0.6) is 0 Å². The Labute approximate surface area is 71.4 Å². The molecule has 0 N–H and O–H groups in total. The molecule has 3 nitrogen and oxygen atoms in total. The number of aromatic nitrogens is 1. The topological polar surface area (TPSA) is 39.2 Å². The third kappa shape index (κ3) is 2.13. The van der Waals surface area contributed by atoms with Gasteiger partial charge in [0, 0.05) is 25.1 Å². The van der Waals surface area contributed by atoms with Gasteiger partial charge in [-0.1, -0.05) is 0 Å². The summed E-state index contributed by atoms with van der Waals surface area (Å²) >= 11 is 0. The highest BCUT2D eigenvalue weighted by molar-refractivity contribution is 5.93. The molecule has 0 spiro atoms. The summed E-state index contributed by atoms with van der Waals surface area (Å²) in [6.07, 6.45) is 3.25. The molecule has 1 rings (SSSR count). The van der Waals surface area contributed by atoms with Gasteiger partial charge in [0.1, 0.15) is 0 Å². The normalized spacial score (nSPS) is 9.83. The van der Waals surface area contributed by atoms with Crippen molar-refractivity contribution < 1.29 is 9.53 Å². The highest BCUT2D eigenvalue weighted by Crippen LogP contribution is 2.04. The zero-order valence-electron chi connectivity index (χ0n) is 7.20. The minimum atomic E-state index is 0.0282. The van der Waals surface area contributed by atoms with Crippen molar-refractivity contribution in [2.45, 2.75) is 13.5 Å². The van der Waals surface area contributed by atoms with Crippen molar-refractivity contribution in [1.29, 1.82) is 0 Å².